The molecule has 1 atom stereocenters. The molecule has 2 aliphatic rings. The van der Waals surface area contributed by atoms with Crippen molar-refractivity contribution in [1.82, 2.24) is 15.1 Å². The van der Waals surface area contributed by atoms with Crippen molar-refractivity contribution in [3.05, 3.63) is 22.4 Å². The molecule has 22 heavy (non-hydrogen) atoms. The second kappa shape index (κ2) is 8.26. The Kier molecular flexibility index (Phi) is 6.65. The van der Waals surface area contributed by atoms with Crippen LogP contribution in [0.3, 0.4) is 0 Å². The van der Waals surface area contributed by atoms with E-state index in [9.17, 15) is 4.79 Å². The Morgan fingerprint density at radius 2 is 2.23 bits per heavy atom. The maximum absolute atomic E-state index is 12.4. The zero-order chi connectivity index (χ0) is 14.7. The van der Waals surface area contributed by atoms with Crippen molar-refractivity contribution < 1.29 is 9.53 Å². The van der Waals surface area contributed by atoms with Gasteiger partial charge in [0.2, 0.25) is 5.91 Å². The fraction of sp³-hybridized carbons (Fsp3) is 0.667. The van der Waals surface area contributed by atoms with Crippen LogP contribution in [0.4, 0.5) is 0 Å². The predicted molar refractivity (Wildman–Crippen MR) is 90.7 cm³/mol. The molecule has 3 heterocycles. The third-order valence-corrected chi connectivity index (χ3v) is 5.29. The van der Waals surface area contributed by atoms with E-state index in [1.54, 1.807) is 11.3 Å². The summed E-state index contributed by atoms with van der Waals surface area (Å²) < 4.78 is 5.46. The lowest BCUT2D eigenvalue weighted by Crippen LogP contribution is -2.52. The summed E-state index contributed by atoms with van der Waals surface area (Å²) >= 11 is 1.77. The molecule has 7 heteroatoms. The highest BCUT2D eigenvalue weighted by Crippen LogP contribution is 2.27. The van der Waals surface area contributed by atoms with Crippen LogP contribution >= 0.6 is 23.7 Å². The maximum atomic E-state index is 12.4. The zero-order valence-corrected chi connectivity index (χ0v) is 14.5. The number of amides is 1. The Bertz CT molecular complexity index is 461. The summed E-state index contributed by atoms with van der Waals surface area (Å²) in [6.07, 6.45) is 0. The average molecular weight is 346 g/mol. The maximum Gasteiger partial charge on any atom is 0.228 e. The first-order valence-electron chi connectivity index (χ1n) is 7.56. The topological polar surface area (TPSA) is 44.8 Å². The van der Waals surface area contributed by atoms with E-state index < -0.39 is 0 Å². The molecule has 2 fully saturated rings. The van der Waals surface area contributed by atoms with Crippen LogP contribution in [0.15, 0.2) is 17.5 Å². The van der Waals surface area contributed by atoms with Crippen LogP contribution < -0.4 is 5.32 Å². The average Bonchev–Trinajstić information content (AvgIpc) is 2.97. The lowest BCUT2D eigenvalue weighted by atomic mass is 10.0. The molecule has 0 bridgehead atoms. The van der Waals surface area contributed by atoms with Gasteiger partial charge in [0.1, 0.15) is 0 Å². The molecule has 1 aromatic heterocycles. The summed E-state index contributed by atoms with van der Waals surface area (Å²) in [5, 5.41) is 5.28. The van der Waals surface area contributed by atoms with E-state index in [2.05, 4.69) is 27.7 Å². The number of halogens is 1. The summed E-state index contributed by atoms with van der Waals surface area (Å²) in [5.74, 6) is 0.437. The number of carbonyl (C=O) groups excluding carboxylic acids is 1. The molecule has 5 nitrogen and oxygen atoms in total. The summed E-state index contributed by atoms with van der Waals surface area (Å²) in [4.78, 5) is 18.0. The first-order valence-corrected chi connectivity index (χ1v) is 8.44. The molecule has 0 aromatic carbocycles. The Hall–Kier alpha value is -0.660. The quantitative estimate of drug-likeness (QED) is 0.871. The van der Waals surface area contributed by atoms with Crippen LogP contribution in [-0.2, 0) is 9.53 Å². The van der Waals surface area contributed by atoms with E-state index in [0.29, 0.717) is 0 Å². The number of hydrogen-bond donors (Lipinski definition) is 1. The van der Waals surface area contributed by atoms with E-state index in [4.69, 9.17) is 4.74 Å². The second-order valence-electron chi connectivity index (χ2n) is 5.75. The van der Waals surface area contributed by atoms with Gasteiger partial charge in [0.15, 0.2) is 0 Å². The zero-order valence-electron chi connectivity index (χ0n) is 12.9. The minimum Gasteiger partial charge on any atom is -0.379 e. The molecule has 1 N–H and O–H groups in total. The van der Waals surface area contributed by atoms with Gasteiger partial charge in [0.25, 0.3) is 0 Å². The minimum absolute atomic E-state index is 0. The van der Waals surface area contributed by atoms with Crippen molar-refractivity contribution in [2.24, 2.45) is 5.92 Å². The highest BCUT2D eigenvalue weighted by molar-refractivity contribution is 7.10. The predicted octanol–water partition coefficient (Wildman–Crippen LogP) is 1.22. The fourth-order valence-corrected chi connectivity index (χ4v) is 3.73. The Labute approximate surface area is 142 Å². The summed E-state index contributed by atoms with van der Waals surface area (Å²) in [6.45, 7) is 5.86. The van der Waals surface area contributed by atoms with Crippen molar-refractivity contribution in [3.8, 4) is 0 Å². The van der Waals surface area contributed by atoms with Gasteiger partial charge < -0.3 is 15.0 Å². The van der Waals surface area contributed by atoms with E-state index >= 15 is 0 Å². The third-order valence-electron chi connectivity index (χ3n) is 4.31. The first-order chi connectivity index (χ1) is 10.3. The molecule has 3 rings (SSSR count). The summed E-state index contributed by atoms with van der Waals surface area (Å²) in [5.41, 5.74) is 0. The molecule has 0 saturated carbocycles. The van der Waals surface area contributed by atoms with Gasteiger partial charge in [-0.05, 0) is 11.4 Å². The second-order valence-corrected chi connectivity index (χ2v) is 6.73. The monoisotopic (exact) mass is 345 g/mol. The molecule has 124 valence electrons. The van der Waals surface area contributed by atoms with Gasteiger partial charge in [-0.25, -0.2) is 0 Å². The lowest BCUT2D eigenvalue weighted by Gasteiger charge is -2.37. The number of rotatable bonds is 5. The van der Waals surface area contributed by atoms with E-state index in [0.717, 1.165) is 45.9 Å². The summed E-state index contributed by atoms with van der Waals surface area (Å²) in [6, 6.07) is 4.55. The normalized spacial score (nSPS) is 20.8. The molecule has 0 radical (unpaired) electrons. The van der Waals surface area contributed by atoms with Gasteiger partial charge in [-0.15, -0.1) is 23.7 Å². The molecule has 0 spiro atoms. The molecule has 1 unspecified atom stereocenters. The number of carbonyl (C=O) groups is 1. The SMILES string of the molecule is CN(CC(c1cccs1)N1CCOCC1)C(=O)C1CNC1.Cl. The molecule has 2 aliphatic heterocycles. The smallest absolute Gasteiger partial charge is 0.228 e. The largest absolute Gasteiger partial charge is 0.379 e. The standard InChI is InChI=1S/C15H23N3O2S.ClH/c1-17(15(19)12-9-16-10-12)11-13(14-3-2-8-21-14)18-4-6-20-7-5-18;/h2-3,8,12-13,16H,4-7,9-11H2,1H3;1H. The molecule has 1 amide bonds. The van der Waals surface area contributed by atoms with Gasteiger partial charge >= 0.3 is 0 Å². The first kappa shape index (κ1) is 17.7. The summed E-state index contributed by atoms with van der Waals surface area (Å²) in [7, 11) is 1.93. The van der Waals surface area contributed by atoms with Crippen LogP contribution in [-0.4, -0.2) is 68.7 Å². The number of morpholine rings is 1. The van der Waals surface area contributed by atoms with Gasteiger partial charge in [0.05, 0.1) is 25.2 Å². The number of ether oxygens (including phenoxy) is 1. The number of nitrogens with zero attached hydrogens (tertiary/aromatic N) is 2. The number of hydrogen-bond acceptors (Lipinski definition) is 5. The van der Waals surface area contributed by atoms with E-state index in [1.165, 1.54) is 4.88 Å². The van der Waals surface area contributed by atoms with Gasteiger partial charge in [-0.1, -0.05) is 6.07 Å². The highest BCUT2D eigenvalue weighted by Gasteiger charge is 2.31. The van der Waals surface area contributed by atoms with Crippen molar-refractivity contribution in [3.63, 3.8) is 0 Å². The molecular formula is C15H24ClN3O2S. The van der Waals surface area contributed by atoms with Crippen LogP contribution in [0.5, 0.6) is 0 Å². The fourth-order valence-electron chi connectivity index (χ4n) is 2.88. The molecule has 2 saturated heterocycles. The van der Waals surface area contributed by atoms with Gasteiger partial charge in [-0.3, -0.25) is 9.69 Å². The van der Waals surface area contributed by atoms with Crippen molar-refractivity contribution in [2.75, 3.05) is 53.0 Å². The van der Waals surface area contributed by atoms with Gasteiger partial charge in [0, 0.05) is 44.6 Å². The van der Waals surface area contributed by atoms with Crippen LogP contribution in [0, 0.1) is 5.92 Å². The van der Waals surface area contributed by atoms with Crippen molar-refractivity contribution in [1.29, 1.82) is 0 Å². The molecule has 0 aliphatic carbocycles. The lowest BCUT2D eigenvalue weighted by molar-refractivity contribution is -0.136. The van der Waals surface area contributed by atoms with Crippen LogP contribution in [0.2, 0.25) is 0 Å². The highest BCUT2D eigenvalue weighted by atomic mass is 35.5. The third kappa shape index (κ3) is 4.00. The van der Waals surface area contributed by atoms with Crippen LogP contribution in [0.1, 0.15) is 10.9 Å². The number of likely N-dealkylation sites (N-methyl/N-ethyl adjacent to an activating group) is 1. The Morgan fingerprint density at radius 3 is 2.77 bits per heavy atom. The number of nitrogens with one attached hydrogen (secondary N) is 1. The minimum atomic E-state index is 0. The number of thiophene rings is 1. The van der Waals surface area contributed by atoms with Gasteiger partial charge in [-0.2, -0.15) is 0 Å². The van der Waals surface area contributed by atoms with Crippen molar-refractivity contribution >= 4 is 29.7 Å². The Balaban J connectivity index is 0.00000176. The molecule has 1 aromatic rings. The van der Waals surface area contributed by atoms with Crippen LogP contribution in [0.25, 0.3) is 0 Å². The van der Waals surface area contributed by atoms with E-state index in [-0.39, 0.29) is 30.3 Å². The van der Waals surface area contributed by atoms with Crippen molar-refractivity contribution in [2.45, 2.75) is 6.04 Å². The molecular weight excluding hydrogens is 322 g/mol. The van der Waals surface area contributed by atoms with E-state index in [1.807, 2.05) is 11.9 Å². The Morgan fingerprint density at radius 1 is 1.50 bits per heavy atom.